The Kier molecular flexibility index (Phi) is 7.11. The number of ether oxygens (including phenoxy) is 1. The topological polar surface area (TPSA) is 9.23 Å². The van der Waals surface area contributed by atoms with Gasteiger partial charge in [-0.2, -0.15) is 13.2 Å². The highest BCUT2D eigenvalue weighted by atomic mass is 19.4. The van der Waals surface area contributed by atoms with Crippen LogP contribution in [0.15, 0.2) is 48.5 Å². The molecule has 178 valence electrons. The molecule has 0 aliphatic heterocycles. The van der Waals surface area contributed by atoms with Gasteiger partial charge in [0.2, 0.25) is 0 Å². The molecule has 0 unspecified atom stereocenters. The predicted molar refractivity (Wildman–Crippen MR) is 123 cm³/mol. The van der Waals surface area contributed by atoms with Crippen LogP contribution in [0.3, 0.4) is 0 Å². The summed E-state index contributed by atoms with van der Waals surface area (Å²) >= 11 is 0. The molecule has 0 N–H and O–H groups in total. The van der Waals surface area contributed by atoms with E-state index in [1.165, 1.54) is 43.5 Å². The molecule has 1 aliphatic rings. The molecule has 0 amide bonds. The lowest BCUT2D eigenvalue weighted by molar-refractivity contribution is -0.153. The van der Waals surface area contributed by atoms with Crippen LogP contribution in [0.1, 0.15) is 44.6 Å². The Morgan fingerprint density at radius 2 is 1.71 bits per heavy atom. The Balaban J connectivity index is 1.52. The first-order valence-electron chi connectivity index (χ1n) is 11.5. The smallest absolute Gasteiger partial charge is 0.422 e. The van der Waals surface area contributed by atoms with Crippen LogP contribution >= 0.6 is 0 Å². The molecule has 0 radical (unpaired) electrons. The SMILES string of the molecule is CCC1CCC(C#Cc2ccc(-c3ccc4c(F)c(OCC(F)(F)F)ccc4c3)c(F)c2)CC1. The monoisotopic (exact) mass is 472 g/mol. The van der Waals surface area contributed by atoms with E-state index >= 15 is 0 Å². The minimum absolute atomic E-state index is 0.101. The summed E-state index contributed by atoms with van der Waals surface area (Å²) < 4.78 is 71.2. The number of hydrogen-bond donors (Lipinski definition) is 0. The number of fused-ring (bicyclic) bond motifs is 1. The van der Waals surface area contributed by atoms with Crippen LogP contribution in [0.5, 0.6) is 5.75 Å². The highest BCUT2D eigenvalue weighted by Gasteiger charge is 2.29. The summed E-state index contributed by atoms with van der Waals surface area (Å²) in [5.74, 6) is 5.73. The maximum Gasteiger partial charge on any atom is 0.422 e. The molecule has 3 aromatic carbocycles. The number of hydrogen-bond acceptors (Lipinski definition) is 1. The van der Waals surface area contributed by atoms with E-state index in [0.29, 0.717) is 28.0 Å². The molecular formula is C28H25F5O. The van der Waals surface area contributed by atoms with Crippen molar-refractivity contribution in [2.24, 2.45) is 11.8 Å². The van der Waals surface area contributed by atoms with Gasteiger partial charge in [0, 0.05) is 22.4 Å². The molecular weight excluding hydrogens is 447 g/mol. The normalized spacial score (nSPS) is 18.4. The van der Waals surface area contributed by atoms with Gasteiger partial charge in [-0.15, -0.1) is 0 Å². The van der Waals surface area contributed by atoms with Gasteiger partial charge in [0.15, 0.2) is 18.2 Å². The van der Waals surface area contributed by atoms with Gasteiger partial charge >= 0.3 is 6.18 Å². The van der Waals surface area contributed by atoms with E-state index in [1.54, 1.807) is 18.2 Å². The van der Waals surface area contributed by atoms with Crippen molar-refractivity contribution in [3.05, 3.63) is 65.7 Å². The van der Waals surface area contributed by atoms with E-state index in [4.69, 9.17) is 0 Å². The van der Waals surface area contributed by atoms with Crippen LogP contribution in [0, 0.1) is 35.3 Å². The largest absolute Gasteiger partial charge is 0.481 e. The second kappa shape index (κ2) is 10.0. The molecule has 0 saturated heterocycles. The molecule has 1 aliphatic carbocycles. The van der Waals surface area contributed by atoms with Crippen molar-refractivity contribution < 1.29 is 26.7 Å². The molecule has 0 aromatic heterocycles. The van der Waals surface area contributed by atoms with Gasteiger partial charge in [-0.25, -0.2) is 8.78 Å². The summed E-state index contributed by atoms with van der Waals surface area (Å²) in [4.78, 5) is 0. The Morgan fingerprint density at radius 1 is 0.941 bits per heavy atom. The molecule has 6 heteroatoms. The van der Waals surface area contributed by atoms with Gasteiger partial charge in [-0.1, -0.05) is 49.5 Å². The molecule has 0 spiro atoms. The van der Waals surface area contributed by atoms with Crippen LogP contribution in [-0.2, 0) is 0 Å². The Bertz CT molecular complexity index is 1230. The van der Waals surface area contributed by atoms with Gasteiger partial charge in [0.05, 0.1) is 0 Å². The number of rotatable bonds is 4. The predicted octanol–water partition coefficient (Wildman–Crippen LogP) is 8.29. The lowest BCUT2D eigenvalue weighted by Gasteiger charge is -2.24. The van der Waals surface area contributed by atoms with Crippen LogP contribution in [0.2, 0.25) is 0 Å². The fraction of sp³-hybridized carbons (Fsp3) is 0.357. The second-order valence-corrected chi connectivity index (χ2v) is 8.81. The van der Waals surface area contributed by atoms with Crippen molar-refractivity contribution >= 4 is 10.8 Å². The van der Waals surface area contributed by atoms with Gasteiger partial charge in [-0.05, 0) is 66.8 Å². The summed E-state index contributed by atoms with van der Waals surface area (Å²) in [5, 5.41) is 0.532. The molecule has 4 rings (SSSR count). The van der Waals surface area contributed by atoms with E-state index in [0.717, 1.165) is 24.8 Å². The first-order chi connectivity index (χ1) is 16.2. The molecule has 3 aromatic rings. The van der Waals surface area contributed by atoms with Crippen LogP contribution in [0.4, 0.5) is 22.0 Å². The van der Waals surface area contributed by atoms with Crippen molar-refractivity contribution in [3.63, 3.8) is 0 Å². The molecule has 1 saturated carbocycles. The zero-order valence-corrected chi connectivity index (χ0v) is 18.8. The maximum atomic E-state index is 14.9. The zero-order chi connectivity index (χ0) is 24.3. The van der Waals surface area contributed by atoms with Crippen molar-refractivity contribution in [1.82, 2.24) is 0 Å². The second-order valence-electron chi connectivity index (χ2n) is 8.81. The third kappa shape index (κ3) is 5.70. The van der Waals surface area contributed by atoms with Gasteiger partial charge in [0.1, 0.15) is 5.82 Å². The summed E-state index contributed by atoms with van der Waals surface area (Å²) in [6, 6.07) is 12.0. The standard InChI is InChI=1S/C28H25F5O/c1-2-18-3-5-19(6-4-18)7-8-20-9-12-23(25(29)15-20)21-10-13-24-22(16-21)11-14-26(27(24)30)34-17-28(31,32)33/h9-16,18-19H,2-6,17H2,1H3. The van der Waals surface area contributed by atoms with Gasteiger partial charge < -0.3 is 4.74 Å². The number of halogens is 5. The van der Waals surface area contributed by atoms with Crippen molar-refractivity contribution in [3.8, 4) is 28.7 Å². The van der Waals surface area contributed by atoms with Gasteiger partial charge in [0.25, 0.3) is 0 Å². The van der Waals surface area contributed by atoms with Crippen molar-refractivity contribution in [2.75, 3.05) is 6.61 Å². The minimum Gasteiger partial charge on any atom is -0.481 e. The Hall–Kier alpha value is -3.07. The van der Waals surface area contributed by atoms with Crippen molar-refractivity contribution in [1.29, 1.82) is 0 Å². The lowest BCUT2D eigenvalue weighted by Crippen LogP contribution is -2.19. The first kappa shape index (κ1) is 24.1. The van der Waals surface area contributed by atoms with E-state index in [9.17, 15) is 22.0 Å². The average Bonchev–Trinajstić information content (AvgIpc) is 2.82. The molecule has 0 bridgehead atoms. The van der Waals surface area contributed by atoms with E-state index in [1.807, 2.05) is 0 Å². The fourth-order valence-corrected chi connectivity index (χ4v) is 4.44. The van der Waals surface area contributed by atoms with Crippen LogP contribution < -0.4 is 4.74 Å². The summed E-state index contributed by atoms with van der Waals surface area (Å²) in [6.07, 6.45) is 1.21. The molecule has 1 nitrogen and oxygen atoms in total. The molecule has 34 heavy (non-hydrogen) atoms. The third-order valence-corrected chi connectivity index (χ3v) is 6.43. The van der Waals surface area contributed by atoms with E-state index < -0.39 is 30.2 Å². The fourth-order valence-electron chi connectivity index (χ4n) is 4.44. The van der Waals surface area contributed by atoms with Gasteiger partial charge in [-0.3, -0.25) is 0 Å². The summed E-state index contributed by atoms with van der Waals surface area (Å²) in [7, 11) is 0. The first-order valence-corrected chi connectivity index (χ1v) is 11.5. The highest BCUT2D eigenvalue weighted by Crippen LogP contribution is 2.33. The Labute approximate surface area is 195 Å². The quantitative estimate of drug-likeness (QED) is 0.274. The zero-order valence-electron chi connectivity index (χ0n) is 18.8. The summed E-state index contributed by atoms with van der Waals surface area (Å²) in [6.45, 7) is 0.644. The number of alkyl halides is 3. The summed E-state index contributed by atoms with van der Waals surface area (Å²) in [5.41, 5.74) is 1.48. The molecule has 0 atom stereocenters. The lowest BCUT2D eigenvalue weighted by atomic mass is 9.81. The van der Waals surface area contributed by atoms with Crippen LogP contribution in [-0.4, -0.2) is 12.8 Å². The molecule has 0 heterocycles. The van der Waals surface area contributed by atoms with Crippen LogP contribution in [0.25, 0.3) is 21.9 Å². The maximum absolute atomic E-state index is 14.9. The highest BCUT2D eigenvalue weighted by molar-refractivity contribution is 5.89. The van der Waals surface area contributed by atoms with E-state index in [2.05, 4.69) is 23.5 Å². The Morgan fingerprint density at radius 3 is 2.38 bits per heavy atom. The number of benzene rings is 3. The average molecular weight is 472 g/mol. The van der Waals surface area contributed by atoms with Crippen molar-refractivity contribution in [2.45, 2.75) is 45.2 Å². The van der Waals surface area contributed by atoms with E-state index in [-0.39, 0.29) is 5.39 Å². The minimum atomic E-state index is -4.56. The third-order valence-electron chi connectivity index (χ3n) is 6.43. The molecule has 1 fully saturated rings.